The lowest BCUT2D eigenvalue weighted by Crippen LogP contribution is -2.20. The van der Waals surface area contributed by atoms with E-state index in [1.165, 1.54) is 0 Å². The summed E-state index contributed by atoms with van der Waals surface area (Å²) < 4.78 is 10.3. The topological polar surface area (TPSA) is 35.5 Å². The molecule has 0 heterocycles. The molecule has 0 rings (SSSR count). The van der Waals surface area contributed by atoms with Gasteiger partial charge >= 0.3 is 5.97 Å². The van der Waals surface area contributed by atoms with Gasteiger partial charge in [-0.1, -0.05) is 20.8 Å². The molecule has 0 saturated carbocycles. The first-order chi connectivity index (χ1) is 5.74. The molecule has 3 nitrogen and oxygen atoms in total. The summed E-state index contributed by atoms with van der Waals surface area (Å²) in [4.78, 5) is 10.8. The molecule has 3 heteroatoms. The fraction of sp³-hybridized carbons (Fsp3) is 0.889. The molecule has 1 atom stereocenters. The first-order valence-electron chi connectivity index (χ1n) is 4.55. The van der Waals surface area contributed by atoms with Crippen LogP contribution in [0.4, 0.5) is 0 Å². The van der Waals surface area contributed by atoms with Crippen molar-refractivity contribution in [2.24, 2.45) is 0 Å². The normalized spacial score (nSPS) is 12.6. The number of ether oxygens (including phenoxy) is 2. The van der Waals surface area contributed by atoms with Crippen LogP contribution in [-0.2, 0) is 14.3 Å². The molecule has 0 aromatic carbocycles. The zero-order valence-corrected chi connectivity index (χ0v) is 8.13. The average molecular weight is 174 g/mol. The van der Waals surface area contributed by atoms with Crippen molar-refractivity contribution in [2.75, 3.05) is 6.61 Å². The summed E-state index contributed by atoms with van der Waals surface area (Å²) in [5.74, 6) is -0.196. The molecule has 1 unspecified atom stereocenters. The third-order valence-corrected chi connectivity index (χ3v) is 1.39. The zero-order chi connectivity index (χ0) is 9.40. The van der Waals surface area contributed by atoms with Crippen LogP contribution in [-0.4, -0.2) is 18.9 Å². The number of rotatable bonds is 6. The van der Waals surface area contributed by atoms with Gasteiger partial charge in [0.2, 0.25) is 6.29 Å². The number of hydrogen-bond donors (Lipinski definition) is 0. The number of hydrogen-bond acceptors (Lipinski definition) is 3. The summed E-state index contributed by atoms with van der Waals surface area (Å²) in [6, 6.07) is 0. The van der Waals surface area contributed by atoms with Crippen molar-refractivity contribution in [1.29, 1.82) is 0 Å². The predicted octanol–water partition coefficient (Wildman–Crippen LogP) is 2.10. The molecule has 0 saturated heterocycles. The molecule has 0 aromatic heterocycles. The highest BCUT2D eigenvalue weighted by atomic mass is 16.7. The Morgan fingerprint density at radius 2 is 2.00 bits per heavy atom. The van der Waals surface area contributed by atoms with Gasteiger partial charge in [0.15, 0.2) is 0 Å². The first-order valence-corrected chi connectivity index (χ1v) is 4.55. The molecule has 0 radical (unpaired) electrons. The molecule has 0 aliphatic carbocycles. The van der Waals surface area contributed by atoms with Crippen LogP contribution < -0.4 is 0 Å². The van der Waals surface area contributed by atoms with E-state index in [1.54, 1.807) is 6.92 Å². The Morgan fingerprint density at radius 1 is 1.33 bits per heavy atom. The number of carbonyl (C=O) groups is 1. The lowest BCUT2D eigenvalue weighted by atomic mass is 10.4. The van der Waals surface area contributed by atoms with E-state index in [9.17, 15) is 4.79 Å². The lowest BCUT2D eigenvalue weighted by molar-refractivity contribution is -0.178. The second kappa shape index (κ2) is 7.10. The van der Waals surface area contributed by atoms with Crippen LogP contribution in [0.25, 0.3) is 0 Å². The molecule has 0 spiro atoms. The highest BCUT2D eigenvalue weighted by Crippen LogP contribution is 2.02. The maximum absolute atomic E-state index is 10.8. The van der Waals surface area contributed by atoms with E-state index in [4.69, 9.17) is 9.47 Å². The van der Waals surface area contributed by atoms with Crippen molar-refractivity contribution in [1.82, 2.24) is 0 Å². The van der Waals surface area contributed by atoms with Crippen LogP contribution in [0.3, 0.4) is 0 Å². The van der Waals surface area contributed by atoms with E-state index in [0.717, 1.165) is 6.42 Å². The maximum atomic E-state index is 10.8. The van der Waals surface area contributed by atoms with Crippen molar-refractivity contribution in [3.8, 4) is 0 Å². The minimum Gasteiger partial charge on any atom is -0.436 e. The van der Waals surface area contributed by atoms with Crippen LogP contribution in [0, 0.1) is 0 Å². The molecule has 12 heavy (non-hydrogen) atoms. The monoisotopic (exact) mass is 174 g/mol. The summed E-state index contributed by atoms with van der Waals surface area (Å²) in [6.07, 6.45) is 1.72. The van der Waals surface area contributed by atoms with Gasteiger partial charge in [-0.05, 0) is 6.42 Å². The van der Waals surface area contributed by atoms with Crippen molar-refractivity contribution in [3.63, 3.8) is 0 Å². The van der Waals surface area contributed by atoms with E-state index in [0.29, 0.717) is 19.4 Å². The van der Waals surface area contributed by atoms with Crippen LogP contribution in [0.5, 0.6) is 0 Å². The van der Waals surface area contributed by atoms with Gasteiger partial charge in [-0.25, -0.2) is 0 Å². The van der Waals surface area contributed by atoms with Crippen molar-refractivity contribution < 1.29 is 14.3 Å². The standard InChI is InChI=1S/C9H18O3/c1-4-7-11-9(6-3)12-8(10)5-2/h9H,4-7H2,1-3H3. The second-order valence-electron chi connectivity index (χ2n) is 2.55. The van der Waals surface area contributed by atoms with Gasteiger partial charge < -0.3 is 9.47 Å². The van der Waals surface area contributed by atoms with Crippen LogP contribution in [0.1, 0.15) is 40.0 Å². The van der Waals surface area contributed by atoms with E-state index in [-0.39, 0.29) is 12.3 Å². The third-order valence-electron chi connectivity index (χ3n) is 1.39. The molecular weight excluding hydrogens is 156 g/mol. The second-order valence-corrected chi connectivity index (χ2v) is 2.55. The molecule has 72 valence electrons. The lowest BCUT2D eigenvalue weighted by Gasteiger charge is -2.15. The molecule has 0 aromatic rings. The van der Waals surface area contributed by atoms with Gasteiger partial charge in [0.25, 0.3) is 0 Å². The van der Waals surface area contributed by atoms with Gasteiger partial charge in [-0.3, -0.25) is 4.79 Å². The van der Waals surface area contributed by atoms with Gasteiger partial charge in [0, 0.05) is 12.8 Å². The minimum atomic E-state index is -0.350. The molecule has 0 aliphatic rings. The van der Waals surface area contributed by atoms with Gasteiger partial charge in [0.05, 0.1) is 6.61 Å². The highest BCUT2D eigenvalue weighted by molar-refractivity contribution is 5.68. The summed E-state index contributed by atoms with van der Waals surface area (Å²) >= 11 is 0. The van der Waals surface area contributed by atoms with E-state index in [2.05, 4.69) is 0 Å². The average Bonchev–Trinajstić information content (AvgIpc) is 2.11. The predicted molar refractivity (Wildman–Crippen MR) is 46.7 cm³/mol. The summed E-state index contributed by atoms with van der Waals surface area (Å²) in [7, 11) is 0. The molecule has 0 bridgehead atoms. The van der Waals surface area contributed by atoms with Gasteiger partial charge in [-0.15, -0.1) is 0 Å². The van der Waals surface area contributed by atoms with Crippen molar-refractivity contribution >= 4 is 5.97 Å². The van der Waals surface area contributed by atoms with E-state index < -0.39 is 0 Å². The fourth-order valence-electron chi connectivity index (χ4n) is 0.714. The van der Waals surface area contributed by atoms with E-state index in [1.807, 2.05) is 13.8 Å². The Morgan fingerprint density at radius 3 is 2.42 bits per heavy atom. The van der Waals surface area contributed by atoms with Crippen molar-refractivity contribution in [3.05, 3.63) is 0 Å². The Bertz CT molecular complexity index is 123. The van der Waals surface area contributed by atoms with Crippen LogP contribution in [0.15, 0.2) is 0 Å². The van der Waals surface area contributed by atoms with Gasteiger partial charge in [0.1, 0.15) is 0 Å². The molecule has 0 amide bonds. The molecule has 0 aliphatic heterocycles. The quantitative estimate of drug-likeness (QED) is 0.457. The smallest absolute Gasteiger partial charge is 0.307 e. The van der Waals surface area contributed by atoms with Crippen LogP contribution in [0.2, 0.25) is 0 Å². The van der Waals surface area contributed by atoms with Gasteiger partial charge in [-0.2, -0.15) is 0 Å². The Hall–Kier alpha value is -0.570. The largest absolute Gasteiger partial charge is 0.436 e. The molecule has 0 N–H and O–H groups in total. The fourth-order valence-corrected chi connectivity index (χ4v) is 0.714. The number of esters is 1. The van der Waals surface area contributed by atoms with Crippen LogP contribution >= 0.6 is 0 Å². The molecular formula is C9H18O3. The first kappa shape index (κ1) is 11.4. The summed E-state index contributed by atoms with van der Waals surface area (Å²) in [6.45, 7) is 6.38. The highest BCUT2D eigenvalue weighted by Gasteiger charge is 2.09. The minimum absolute atomic E-state index is 0.196. The summed E-state index contributed by atoms with van der Waals surface area (Å²) in [5, 5.41) is 0. The SMILES string of the molecule is CCCOC(CC)OC(=O)CC. The Balaban J connectivity index is 3.59. The third kappa shape index (κ3) is 5.13. The van der Waals surface area contributed by atoms with E-state index >= 15 is 0 Å². The van der Waals surface area contributed by atoms with Crippen molar-refractivity contribution in [2.45, 2.75) is 46.3 Å². The Labute approximate surface area is 74.0 Å². The molecule has 0 fully saturated rings. The number of carbonyl (C=O) groups excluding carboxylic acids is 1. The maximum Gasteiger partial charge on any atom is 0.307 e. The Kier molecular flexibility index (Phi) is 6.76. The summed E-state index contributed by atoms with van der Waals surface area (Å²) in [5.41, 5.74) is 0. The zero-order valence-electron chi connectivity index (χ0n) is 8.13.